The van der Waals surface area contributed by atoms with Gasteiger partial charge >= 0.3 is 0 Å². The van der Waals surface area contributed by atoms with E-state index in [1.54, 1.807) is 0 Å². The molecule has 1 saturated carbocycles. The molecule has 0 saturated heterocycles. The number of carbonyl (C=O) groups excluding carboxylic acids is 1. The van der Waals surface area contributed by atoms with Crippen molar-refractivity contribution in [3.05, 3.63) is 10.1 Å². The number of primary amides is 1. The summed E-state index contributed by atoms with van der Waals surface area (Å²) in [5.41, 5.74) is 4.26. The molecule has 88 valence electrons. The Hall–Kier alpha value is -1.66. The van der Waals surface area contributed by atoms with E-state index in [1.165, 1.54) is 0 Å². The maximum Gasteiger partial charge on any atom is 0.266 e. The monoisotopic (exact) mass is 227 g/mol. The first kappa shape index (κ1) is 10.8. The molecule has 2 rings (SSSR count). The van der Waals surface area contributed by atoms with Crippen molar-refractivity contribution in [3.8, 4) is 0 Å². The number of nitrogens with zero attached hydrogens (tertiary/aromatic N) is 2. The lowest BCUT2D eigenvalue weighted by atomic mass is 9.77. The molecule has 0 aromatic rings. The van der Waals surface area contributed by atoms with Crippen molar-refractivity contribution < 1.29 is 14.6 Å². The van der Waals surface area contributed by atoms with Gasteiger partial charge in [0.2, 0.25) is 5.60 Å². The average molecular weight is 227 g/mol. The molecule has 0 radical (unpaired) electrons. The van der Waals surface area contributed by atoms with E-state index in [0.29, 0.717) is 12.8 Å². The van der Waals surface area contributed by atoms with Crippen LogP contribution in [0.3, 0.4) is 0 Å². The summed E-state index contributed by atoms with van der Waals surface area (Å²) in [7, 11) is 0. The minimum absolute atomic E-state index is 0.105. The SMILES string of the molecule is NC(=O)C1=NOC2(CCCCC2[N+](=O)[O-])C1. The Kier molecular flexibility index (Phi) is 2.53. The third kappa shape index (κ3) is 1.62. The Balaban J connectivity index is 2.19. The zero-order valence-electron chi connectivity index (χ0n) is 8.72. The molecule has 0 bridgehead atoms. The Morgan fingerprint density at radius 2 is 2.38 bits per heavy atom. The normalized spacial score (nSPS) is 33.2. The van der Waals surface area contributed by atoms with Crippen LogP contribution in [0.1, 0.15) is 32.1 Å². The molecule has 7 heteroatoms. The van der Waals surface area contributed by atoms with Gasteiger partial charge in [-0.2, -0.15) is 0 Å². The van der Waals surface area contributed by atoms with E-state index in [9.17, 15) is 14.9 Å². The predicted octanol–water partition coefficient (Wildman–Crippen LogP) is 0.206. The highest BCUT2D eigenvalue weighted by Crippen LogP contribution is 2.39. The zero-order chi connectivity index (χ0) is 11.8. The first-order valence-corrected chi connectivity index (χ1v) is 5.23. The third-order valence-electron chi connectivity index (χ3n) is 3.28. The van der Waals surface area contributed by atoms with Gasteiger partial charge in [-0.25, -0.2) is 0 Å². The van der Waals surface area contributed by atoms with Gasteiger partial charge in [0, 0.05) is 17.8 Å². The molecule has 0 aromatic carbocycles. The Labute approximate surface area is 91.8 Å². The molecule has 16 heavy (non-hydrogen) atoms. The lowest BCUT2D eigenvalue weighted by Gasteiger charge is -2.32. The number of carbonyl (C=O) groups is 1. The minimum atomic E-state index is -0.938. The average Bonchev–Trinajstić information content (AvgIpc) is 2.63. The Morgan fingerprint density at radius 3 is 2.94 bits per heavy atom. The summed E-state index contributed by atoms with van der Waals surface area (Å²) in [4.78, 5) is 26.7. The fraction of sp³-hybridized carbons (Fsp3) is 0.778. The summed E-state index contributed by atoms with van der Waals surface area (Å²) in [6.45, 7) is 0. The number of rotatable bonds is 2. The van der Waals surface area contributed by atoms with Crippen LogP contribution in [-0.2, 0) is 9.63 Å². The van der Waals surface area contributed by atoms with Gasteiger partial charge in [-0.3, -0.25) is 14.9 Å². The lowest BCUT2D eigenvalue weighted by molar-refractivity contribution is -0.550. The minimum Gasteiger partial charge on any atom is -0.381 e. The Morgan fingerprint density at radius 1 is 1.62 bits per heavy atom. The second-order valence-corrected chi connectivity index (χ2v) is 4.28. The second kappa shape index (κ2) is 3.73. The van der Waals surface area contributed by atoms with Gasteiger partial charge in [-0.1, -0.05) is 5.16 Å². The van der Waals surface area contributed by atoms with Gasteiger partial charge in [0.1, 0.15) is 5.71 Å². The molecular weight excluding hydrogens is 214 g/mol. The summed E-state index contributed by atoms with van der Waals surface area (Å²) >= 11 is 0. The van der Waals surface area contributed by atoms with E-state index in [2.05, 4.69) is 5.16 Å². The van der Waals surface area contributed by atoms with Crippen LogP contribution in [0.2, 0.25) is 0 Å². The molecule has 2 atom stereocenters. The van der Waals surface area contributed by atoms with Gasteiger partial charge < -0.3 is 10.6 Å². The van der Waals surface area contributed by atoms with Crippen LogP contribution in [0.4, 0.5) is 0 Å². The summed E-state index contributed by atoms with van der Waals surface area (Å²) in [5, 5.41) is 14.5. The van der Waals surface area contributed by atoms with Crippen molar-refractivity contribution in [1.82, 2.24) is 0 Å². The molecule has 1 aliphatic carbocycles. The van der Waals surface area contributed by atoms with Crippen LogP contribution in [0.5, 0.6) is 0 Å². The van der Waals surface area contributed by atoms with E-state index >= 15 is 0 Å². The third-order valence-corrected chi connectivity index (χ3v) is 3.28. The van der Waals surface area contributed by atoms with Crippen molar-refractivity contribution in [2.24, 2.45) is 10.9 Å². The largest absolute Gasteiger partial charge is 0.381 e. The molecule has 1 spiro atoms. The molecule has 2 N–H and O–H groups in total. The number of nitro groups is 1. The first-order chi connectivity index (χ1) is 7.55. The molecule has 1 amide bonds. The summed E-state index contributed by atoms with van der Waals surface area (Å²) in [6.07, 6.45) is 2.84. The number of oxime groups is 1. The number of hydrogen-bond acceptors (Lipinski definition) is 5. The van der Waals surface area contributed by atoms with Gasteiger partial charge in [-0.15, -0.1) is 0 Å². The maximum absolute atomic E-state index is 11.0. The second-order valence-electron chi connectivity index (χ2n) is 4.28. The van der Waals surface area contributed by atoms with Crippen LogP contribution in [0, 0.1) is 10.1 Å². The summed E-state index contributed by atoms with van der Waals surface area (Å²) < 4.78 is 0. The standard InChI is InChI=1S/C9H13N3O4/c10-8(13)6-5-9(16-11-6)4-2-1-3-7(9)12(14)15/h7H,1-5H2,(H2,10,13). The molecule has 1 aliphatic heterocycles. The number of amides is 1. The molecule has 2 aliphatic rings. The van der Waals surface area contributed by atoms with Gasteiger partial charge in [0.25, 0.3) is 11.9 Å². The highest BCUT2D eigenvalue weighted by atomic mass is 16.7. The zero-order valence-corrected chi connectivity index (χ0v) is 8.72. The summed E-state index contributed by atoms with van der Waals surface area (Å²) in [6, 6.07) is -0.790. The van der Waals surface area contributed by atoms with E-state index in [0.717, 1.165) is 12.8 Å². The van der Waals surface area contributed by atoms with Crippen molar-refractivity contribution in [2.45, 2.75) is 43.7 Å². The Bertz CT molecular complexity index is 368. The van der Waals surface area contributed by atoms with Crippen LogP contribution >= 0.6 is 0 Å². The van der Waals surface area contributed by atoms with Gasteiger partial charge in [-0.05, 0) is 19.3 Å². The molecule has 1 heterocycles. The van der Waals surface area contributed by atoms with Crippen LogP contribution in [-0.4, -0.2) is 28.2 Å². The van der Waals surface area contributed by atoms with E-state index in [-0.39, 0.29) is 17.1 Å². The lowest BCUT2D eigenvalue weighted by Crippen LogP contribution is -2.50. The first-order valence-electron chi connectivity index (χ1n) is 5.23. The molecule has 0 aromatic heterocycles. The van der Waals surface area contributed by atoms with Crippen LogP contribution in [0.25, 0.3) is 0 Å². The fourth-order valence-electron chi connectivity index (χ4n) is 2.43. The van der Waals surface area contributed by atoms with Crippen molar-refractivity contribution in [2.75, 3.05) is 0 Å². The van der Waals surface area contributed by atoms with Gasteiger partial charge in [0.05, 0.1) is 0 Å². The smallest absolute Gasteiger partial charge is 0.266 e. The molecule has 2 unspecified atom stereocenters. The van der Waals surface area contributed by atoms with Gasteiger partial charge in [0.15, 0.2) is 0 Å². The predicted molar refractivity (Wildman–Crippen MR) is 54.3 cm³/mol. The van der Waals surface area contributed by atoms with Crippen molar-refractivity contribution in [1.29, 1.82) is 0 Å². The quantitative estimate of drug-likeness (QED) is 0.537. The van der Waals surface area contributed by atoms with E-state index < -0.39 is 17.6 Å². The molecule has 7 nitrogen and oxygen atoms in total. The topological polar surface area (TPSA) is 108 Å². The summed E-state index contributed by atoms with van der Waals surface area (Å²) in [5.74, 6) is -0.662. The highest BCUT2D eigenvalue weighted by Gasteiger charge is 2.55. The van der Waals surface area contributed by atoms with Crippen molar-refractivity contribution in [3.63, 3.8) is 0 Å². The molecule has 1 fully saturated rings. The van der Waals surface area contributed by atoms with E-state index in [1.807, 2.05) is 0 Å². The maximum atomic E-state index is 11.0. The van der Waals surface area contributed by atoms with Crippen LogP contribution < -0.4 is 5.73 Å². The van der Waals surface area contributed by atoms with Crippen molar-refractivity contribution >= 4 is 11.6 Å². The highest BCUT2D eigenvalue weighted by molar-refractivity contribution is 6.38. The van der Waals surface area contributed by atoms with E-state index in [4.69, 9.17) is 10.6 Å². The number of nitrogens with two attached hydrogens (primary N) is 1. The molecular formula is C9H13N3O4. The number of hydrogen-bond donors (Lipinski definition) is 1. The fourth-order valence-corrected chi connectivity index (χ4v) is 2.43. The van der Waals surface area contributed by atoms with Crippen LogP contribution in [0.15, 0.2) is 5.16 Å².